The third-order valence-corrected chi connectivity index (χ3v) is 3.18. The van der Waals surface area contributed by atoms with Crippen molar-refractivity contribution in [2.75, 3.05) is 7.11 Å². The van der Waals surface area contributed by atoms with Crippen LogP contribution in [0, 0.1) is 5.82 Å². The Hall–Kier alpha value is -1.88. The summed E-state index contributed by atoms with van der Waals surface area (Å²) >= 11 is 6.05. The standard InChI is InChI=1S/C14H14ClFN2O2/c1-8(2)12-7-11(14(19)20-3)17-18(12)13-9(15)5-4-6-10(13)16/h4-8H,1-3H3. The number of ether oxygens (including phenoxy) is 1. The lowest BCUT2D eigenvalue weighted by Gasteiger charge is -2.12. The zero-order chi connectivity index (χ0) is 14.9. The number of nitrogens with zero attached hydrogens (tertiary/aromatic N) is 2. The summed E-state index contributed by atoms with van der Waals surface area (Å²) in [6.45, 7) is 3.84. The third kappa shape index (κ3) is 2.54. The van der Waals surface area contributed by atoms with Gasteiger partial charge in [0.1, 0.15) is 11.5 Å². The first-order chi connectivity index (χ1) is 9.45. The van der Waals surface area contributed by atoms with Gasteiger partial charge in [-0.1, -0.05) is 31.5 Å². The fraction of sp³-hybridized carbons (Fsp3) is 0.286. The van der Waals surface area contributed by atoms with Crippen molar-refractivity contribution in [1.29, 1.82) is 0 Å². The molecular formula is C14H14ClFN2O2. The number of carbonyl (C=O) groups excluding carboxylic acids is 1. The molecule has 0 radical (unpaired) electrons. The predicted octanol–water partition coefficient (Wildman–Crippen LogP) is 3.57. The first-order valence-electron chi connectivity index (χ1n) is 6.08. The molecule has 2 rings (SSSR count). The molecule has 1 heterocycles. The van der Waals surface area contributed by atoms with Crippen LogP contribution in [0.3, 0.4) is 0 Å². The maximum atomic E-state index is 14.0. The second-order valence-electron chi connectivity index (χ2n) is 4.58. The maximum absolute atomic E-state index is 14.0. The van der Waals surface area contributed by atoms with Crippen LogP contribution in [0.4, 0.5) is 4.39 Å². The van der Waals surface area contributed by atoms with E-state index in [1.807, 2.05) is 13.8 Å². The molecule has 0 aliphatic carbocycles. The Labute approximate surface area is 121 Å². The summed E-state index contributed by atoms with van der Waals surface area (Å²) in [6, 6.07) is 5.97. The van der Waals surface area contributed by atoms with E-state index in [9.17, 15) is 9.18 Å². The van der Waals surface area contributed by atoms with Crippen LogP contribution in [-0.4, -0.2) is 22.9 Å². The molecule has 0 fully saturated rings. The molecule has 0 bridgehead atoms. The van der Waals surface area contributed by atoms with Crippen molar-refractivity contribution in [2.45, 2.75) is 19.8 Å². The van der Waals surface area contributed by atoms with E-state index in [-0.39, 0.29) is 22.3 Å². The van der Waals surface area contributed by atoms with Gasteiger partial charge in [0.2, 0.25) is 0 Å². The Bertz CT molecular complexity index is 632. The Morgan fingerprint density at radius 1 is 1.45 bits per heavy atom. The van der Waals surface area contributed by atoms with Crippen LogP contribution >= 0.6 is 11.6 Å². The summed E-state index contributed by atoms with van der Waals surface area (Å²) < 4.78 is 20.0. The van der Waals surface area contributed by atoms with Gasteiger partial charge in [-0.2, -0.15) is 5.10 Å². The number of methoxy groups -OCH3 is 1. The molecule has 1 aromatic carbocycles. The van der Waals surface area contributed by atoms with Gasteiger partial charge in [0.05, 0.1) is 12.1 Å². The smallest absolute Gasteiger partial charge is 0.358 e. The lowest BCUT2D eigenvalue weighted by atomic mass is 10.1. The second kappa shape index (κ2) is 5.63. The van der Waals surface area contributed by atoms with Crippen LogP contribution in [0.5, 0.6) is 0 Å². The molecule has 0 spiro atoms. The van der Waals surface area contributed by atoms with Crippen LogP contribution in [0.25, 0.3) is 5.69 Å². The van der Waals surface area contributed by atoms with E-state index in [0.717, 1.165) is 0 Å². The zero-order valence-corrected chi connectivity index (χ0v) is 12.1. The summed E-state index contributed by atoms with van der Waals surface area (Å²) in [5.74, 6) is -1.03. The number of aromatic nitrogens is 2. The van der Waals surface area contributed by atoms with Crippen molar-refractivity contribution in [1.82, 2.24) is 9.78 Å². The first-order valence-corrected chi connectivity index (χ1v) is 6.46. The van der Waals surface area contributed by atoms with Gasteiger partial charge in [-0.3, -0.25) is 0 Å². The van der Waals surface area contributed by atoms with E-state index in [0.29, 0.717) is 5.69 Å². The summed E-state index contributed by atoms with van der Waals surface area (Å²) in [6.07, 6.45) is 0. The molecular weight excluding hydrogens is 283 g/mol. The minimum atomic E-state index is -0.571. The molecule has 0 aliphatic rings. The number of rotatable bonds is 3. The molecule has 20 heavy (non-hydrogen) atoms. The van der Waals surface area contributed by atoms with Gasteiger partial charge in [0.15, 0.2) is 5.69 Å². The van der Waals surface area contributed by atoms with E-state index in [4.69, 9.17) is 11.6 Å². The number of para-hydroxylation sites is 1. The van der Waals surface area contributed by atoms with Crippen LogP contribution < -0.4 is 0 Å². The molecule has 0 saturated heterocycles. The van der Waals surface area contributed by atoms with Gasteiger partial charge in [-0.05, 0) is 24.1 Å². The lowest BCUT2D eigenvalue weighted by molar-refractivity contribution is 0.0593. The number of hydrogen-bond acceptors (Lipinski definition) is 3. The number of esters is 1. The van der Waals surface area contributed by atoms with Crippen LogP contribution in [-0.2, 0) is 4.74 Å². The highest BCUT2D eigenvalue weighted by molar-refractivity contribution is 6.32. The molecule has 0 amide bonds. The lowest BCUT2D eigenvalue weighted by Crippen LogP contribution is -2.08. The molecule has 2 aromatic rings. The van der Waals surface area contributed by atoms with E-state index in [1.54, 1.807) is 12.1 Å². The normalized spacial score (nSPS) is 10.9. The van der Waals surface area contributed by atoms with E-state index < -0.39 is 11.8 Å². The average Bonchev–Trinajstić information content (AvgIpc) is 2.82. The Morgan fingerprint density at radius 3 is 2.70 bits per heavy atom. The van der Waals surface area contributed by atoms with Crippen molar-refractivity contribution >= 4 is 17.6 Å². The van der Waals surface area contributed by atoms with Crippen molar-refractivity contribution < 1.29 is 13.9 Å². The van der Waals surface area contributed by atoms with Gasteiger partial charge in [0, 0.05) is 5.69 Å². The Kier molecular flexibility index (Phi) is 4.09. The Balaban J connectivity index is 2.66. The van der Waals surface area contributed by atoms with Crippen molar-refractivity contribution in [3.8, 4) is 5.69 Å². The fourth-order valence-corrected chi connectivity index (χ4v) is 2.12. The van der Waals surface area contributed by atoms with E-state index >= 15 is 0 Å². The fourth-order valence-electron chi connectivity index (χ4n) is 1.88. The number of halogens is 2. The monoisotopic (exact) mass is 296 g/mol. The van der Waals surface area contributed by atoms with Crippen LogP contribution in [0.2, 0.25) is 5.02 Å². The van der Waals surface area contributed by atoms with Gasteiger partial charge in [-0.15, -0.1) is 0 Å². The SMILES string of the molecule is COC(=O)c1cc(C(C)C)n(-c2c(F)cccc2Cl)n1. The predicted molar refractivity (Wildman–Crippen MR) is 74.0 cm³/mol. The maximum Gasteiger partial charge on any atom is 0.358 e. The summed E-state index contributed by atoms with van der Waals surface area (Å²) in [5, 5.41) is 4.34. The molecule has 6 heteroatoms. The molecule has 0 unspecified atom stereocenters. The molecule has 1 aromatic heterocycles. The highest BCUT2D eigenvalue weighted by atomic mass is 35.5. The number of carbonyl (C=O) groups is 1. The average molecular weight is 297 g/mol. The van der Waals surface area contributed by atoms with Gasteiger partial charge >= 0.3 is 5.97 Å². The second-order valence-corrected chi connectivity index (χ2v) is 4.99. The summed E-state index contributed by atoms with van der Waals surface area (Å²) in [7, 11) is 1.27. The minimum absolute atomic E-state index is 0.0385. The molecule has 0 saturated carbocycles. The largest absolute Gasteiger partial charge is 0.464 e. The van der Waals surface area contributed by atoms with Crippen molar-refractivity contribution in [3.05, 3.63) is 46.5 Å². The molecule has 4 nitrogen and oxygen atoms in total. The van der Waals surface area contributed by atoms with Gasteiger partial charge < -0.3 is 4.74 Å². The summed E-state index contributed by atoms with van der Waals surface area (Å²) in [5.41, 5.74) is 0.931. The molecule has 0 N–H and O–H groups in total. The molecule has 0 atom stereocenters. The topological polar surface area (TPSA) is 44.1 Å². The van der Waals surface area contributed by atoms with Gasteiger partial charge in [0.25, 0.3) is 0 Å². The quantitative estimate of drug-likeness (QED) is 0.813. The highest BCUT2D eigenvalue weighted by Crippen LogP contribution is 2.27. The van der Waals surface area contributed by atoms with E-state index in [2.05, 4.69) is 9.84 Å². The summed E-state index contributed by atoms with van der Waals surface area (Å²) in [4.78, 5) is 11.6. The van der Waals surface area contributed by atoms with Crippen LogP contribution in [0.15, 0.2) is 24.3 Å². The molecule has 0 aliphatic heterocycles. The third-order valence-electron chi connectivity index (χ3n) is 2.87. The van der Waals surface area contributed by atoms with E-state index in [1.165, 1.54) is 23.9 Å². The molecule has 106 valence electrons. The minimum Gasteiger partial charge on any atom is -0.464 e. The number of hydrogen-bond donors (Lipinski definition) is 0. The zero-order valence-electron chi connectivity index (χ0n) is 11.4. The Morgan fingerprint density at radius 2 is 2.15 bits per heavy atom. The van der Waals surface area contributed by atoms with Gasteiger partial charge in [-0.25, -0.2) is 13.9 Å². The van der Waals surface area contributed by atoms with Crippen LogP contribution in [0.1, 0.15) is 35.9 Å². The van der Waals surface area contributed by atoms with Crippen molar-refractivity contribution in [2.24, 2.45) is 0 Å². The number of benzene rings is 1. The first kappa shape index (κ1) is 14.5. The van der Waals surface area contributed by atoms with Crippen molar-refractivity contribution in [3.63, 3.8) is 0 Å². The highest BCUT2D eigenvalue weighted by Gasteiger charge is 2.21.